The van der Waals surface area contributed by atoms with Crippen molar-refractivity contribution in [1.29, 1.82) is 0 Å². The summed E-state index contributed by atoms with van der Waals surface area (Å²) in [5, 5.41) is 8.77. The molecule has 152 valence electrons. The Hall–Kier alpha value is -1.03. The molecule has 0 aromatic heterocycles. The van der Waals surface area contributed by atoms with Crippen LogP contribution < -0.4 is 5.73 Å². The largest absolute Gasteiger partial charge is 0.394 e. The van der Waals surface area contributed by atoms with E-state index in [2.05, 4.69) is 0 Å². The highest BCUT2D eigenvalue weighted by atomic mass is 32.2. The number of ether oxygens (including phenoxy) is 2. The van der Waals surface area contributed by atoms with Gasteiger partial charge in [-0.15, -0.1) is 0 Å². The van der Waals surface area contributed by atoms with Gasteiger partial charge in [0, 0.05) is 38.5 Å². The van der Waals surface area contributed by atoms with Crippen LogP contribution >= 0.6 is 0 Å². The normalized spacial score (nSPS) is 26.1. The van der Waals surface area contributed by atoms with Gasteiger partial charge in [-0.05, 0) is 44.7 Å². The lowest BCUT2D eigenvalue weighted by atomic mass is 9.93. The van der Waals surface area contributed by atoms with Crippen molar-refractivity contribution < 1.29 is 23.0 Å². The van der Waals surface area contributed by atoms with Crippen molar-refractivity contribution >= 4 is 10.0 Å². The number of nitrogens with two attached hydrogens (primary N) is 1. The van der Waals surface area contributed by atoms with Gasteiger partial charge in [-0.2, -0.15) is 4.31 Å². The molecule has 3 fully saturated rings. The second-order valence-electron chi connectivity index (χ2n) is 7.79. The van der Waals surface area contributed by atoms with Gasteiger partial charge in [0.05, 0.1) is 17.0 Å². The number of sulfonamides is 1. The summed E-state index contributed by atoms with van der Waals surface area (Å²) in [6.07, 6.45) is 3.20. The lowest BCUT2D eigenvalue weighted by Gasteiger charge is -2.30. The molecule has 1 aromatic rings. The summed E-state index contributed by atoms with van der Waals surface area (Å²) in [4.78, 5) is 0.400. The third kappa shape index (κ3) is 4.70. The molecule has 3 heterocycles. The minimum absolute atomic E-state index is 0.0797. The maximum atomic E-state index is 12.5. The lowest BCUT2D eigenvalue weighted by molar-refractivity contribution is 0.0295. The SMILES string of the molecule is Cc1ccc(S(=O)(=O)N2CC23CCOCC3)cc1.NC1(CO)CCOCC1. The smallest absolute Gasteiger partial charge is 0.243 e. The van der Waals surface area contributed by atoms with Crippen molar-refractivity contribution in [2.75, 3.05) is 39.6 Å². The molecule has 1 atom stereocenters. The number of aryl methyl sites for hydroxylation is 1. The van der Waals surface area contributed by atoms with Crippen molar-refractivity contribution in [1.82, 2.24) is 4.31 Å². The molecule has 3 aliphatic heterocycles. The summed E-state index contributed by atoms with van der Waals surface area (Å²) in [6, 6.07) is 7.06. The van der Waals surface area contributed by atoms with Crippen molar-refractivity contribution in [3.63, 3.8) is 0 Å². The first kappa shape index (κ1) is 20.7. The summed E-state index contributed by atoms with van der Waals surface area (Å²) in [6.45, 7) is 5.39. The Kier molecular flexibility index (Phi) is 6.24. The minimum Gasteiger partial charge on any atom is -0.394 e. The molecule has 0 radical (unpaired) electrons. The van der Waals surface area contributed by atoms with E-state index in [0.29, 0.717) is 37.9 Å². The maximum Gasteiger partial charge on any atom is 0.243 e. The number of aliphatic hydroxyl groups excluding tert-OH is 1. The Bertz CT molecular complexity index is 723. The van der Waals surface area contributed by atoms with Gasteiger partial charge in [0.1, 0.15) is 0 Å². The number of rotatable bonds is 3. The van der Waals surface area contributed by atoms with Crippen LogP contribution in [-0.4, -0.2) is 68.5 Å². The third-order valence-electron chi connectivity index (χ3n) is 5.70. The fourth-order valence-electron chi connectivity index (χ4n) is 3.50. The second kappa shape index (κ2) is 8.14. The van der Waals surface area contributed by atoms with E-state index in [1.54, 1.807) is 16.4 Å². The molecule has 7 nitrogen and oxygen atoms in total. The Morgan fingerprint density at radius 3 is 2.04 bits per heavy atom. The molecule has 0 amide bonds. The zero-order chi connectivity index (χ0) is 19.5. The van der Waals surface area contributed by atoms with Gasteiger partial charge >= 0.3 is 0 Å². The second-order valence-corrected chi connectivity index (χ2v) is 9.66. The summed E-state index contributed by atoms with van der Waals surface area (Å²) in [5.74, 6) is 0. The van der Waals surface area contributed by atoms with Gasteiger partial charge in [-0.1, -0.05) is 17.7 Å². The predicted molar refractivity (Wildman–Crippen MR) is 102 cm³/mol. The number of hydrogen-bond donors (Lipinski definition) is 2. The average molecular weight is 399 g/mol. The van der Waals surface area contributed by atoms with E-state index >= 15 is 0 Å². The summed E-state index contributed by atoms with van der Waals surface area (Å²) in [7, 11) is -3.31. The first-order chi connectivity index (χ1) is 12.8. The topological polar surface area (TPSA) is 102 Å². The van der Waals surface area contributed by atoms with Gasteiger partial charge in [0.25, 0.3) is 0 Å². The van der Waals surface area contributed by atoms with Gasteiger partial charge in [-0.25, -0.2) is 8.42 Å². The van der Waals surface area contributed by atoms with Crippen LogP contribution in [-0.2, 0) is 19.5 Å². The van der Waals surface area contributed by atoms with Gasteiger partial charge in [0.15, 0.2) is 0 Å². The Balaban J connectivity index is 0.000000197. The van der Waals surface area contributed by atoms with E-state index in [1.165, 1.54) is 0 Å². The molecule has 1 unspecified atom stereocenters. The summed E-state index contributed by atoms with van der Waals surface area (Å²) < 4.78 is 36.9. The molecular weight excluding hydrogens is 368 g/mol. The van der Waals surface area contributed by atoms with Crippen LogP contribution in [0.15, 0.2) is 29.2 Å². The fraction of sp³-hybridized carbons (Fsp3) is 0.684. The molecule has 1 spiro atoms. The van der Waals surface area contributed by atoms with Crippen LogP contribution in [0.25, 0.3) is 0 Å². The number of aliphatic hydroxyl groups is 1. The molecule has 27 heavy (non-hydrogen) atoms. The minimum atomic E-state index is -3.31. The van der Waals surface area contributed by atoms with Gasteiger partial charge in [0.2, 0.25) is 10.0 Å². The van der Waals surface area contributed by atoms with Crippen LogP contribution in [0.1, 0.15) is 31.2 Å². The number of hydrogen-bond acceptors (Lipinski definition) is 6. The van der Waals surface area contributed by atoms with E-state index in [4.69, 9.17) is 20.3 Å². The van der Waals surface area contributed by atoms with Crippen LogP contribution in [0.2, 0.25) is 0 Å². The molecule has 0 saturated carbocycles. The molecule has 3 N–H and O–H groups in total. The Labute approximate surface area is 161 Å². The molecule has 1 aromatic carbocycles. The molecule has 3 saturated heterocycles. The highest BCUT2D eigenvalue weighted by molar-refractivity contribution is 7.89. The fourth-order valence-corrected chi connectivity index (χ4v) is 5.34. The van der Waals surface area contributed by atoms with Crippen LogP contribution in [0.4, 0.5) is 0 Å². The quantitative estimate of drug-likeness (QED) is 0.738. The number of nitrogens with zero attached hydrogens (tertiary/aromatic N) is 1. The van der Waals surface area contributed by atoms with Crippen LogP contribution in [0.5, 0.6) is 0 Å². The third-order valence-corrected chi connectivity index (χ3v) is 7.66. The van der Waals surface area contributed by atoms with E-state index < -0.39 is 10.0 Å². The van der Waals surface area contributed by atoms with E-state index in [0.717, 1.165) is 31.2 Å². The average Bonchev–Trinajstić information content (AvgIpc) is 3.38. The van der Waals surface area contributed by atoms with Gasteiger partial charge in [-0.3, -0.25) is 0 Å². The zero-order valence-electron chi connectivity index (χ0n) is 15.9. The molecule has 8 heteroatoms. The monoisotopic (exact) mass is 398 g/mol. The Morgan fingerprint density at radius 2 is 1.56 bits per heavy atom. The van der Waals surface area contributed by atoms with E-state index in [1.807, 2.05) is 19.1 Å². The molecule has 3 aliphatic rings. The van der Waals surface area contributed by atoms with Crippen molar-refractivity contribution in [2.24, 2.45) is 5.73 Å². The van der Waals surface area contributed by atoms with Crippen LogP contribution in [0, 0.1) is 6.92 Å². The molecule has 0 aliphatic carbocycles. The van der Waals surface area contributed by atoms with E-state index in [9.17, 15) is 8.42 Å². The van der Waals surface area contributed by atoms with Crippen molar-refractivity contribution in [2.45, 2.75) is 48.6 Å². The van der Waals surface area contributed by atoms with E-state index in [-0.39, 0.29) is 17.7 Å². The van der Waals surface area contributed by atoms with Crippen LogP contribution in [0.3, 0.4) is 0 Å². The van der Waals surface area contributed by atoms with Crippen molar-refractivity contribution in [3.8, 4) is 0 Å². The molecule has 0 bridgehead atoms. The highest BCUT2D eigenvalue weighted by Crippen LogP contribution is 2.45. The predicted octanol–water partition coefficient (Wildman–Crippen LogP) is 1.04. The lowest BCUT2D eigenvalue weighted by Crippen LogP contribution is -2.48. The first-order valence-corrected chi connectivity index (χ1v) is 10.9. The summed E-state index contributed by atoms with van der Waals surface area (Å²) >= 11 is 0. The standard InChI is InChI=1S/C13H17NO3S.C6H13NO2/c1-11-2-4-12(5-3-11)18(15,16)14-10-13(14)6-8-17-9-7-13;7-6(5-8)1-3-9-4-2-6/h2-5H,6-10H2,1H3;8H,1-5,7H2. The highest BCUT2D eigenvalue weighted by Gasteiger charge is 2.58. The maximum absolute atomic E-state index is 12.5. The van der Waals surface area contributed by atoms with Crippen molar-refractivity contribution in [3.05, 3.63) is 29.8 Å². The molecular formula is C19H30N2O5S. The summed E-state index contributed by atoms with van der Waals surface area (Å²) in [5.41, 5.74) is 6.30. The first-order valence-electron chi connectivity index (χ1n) is 9.46. The zero-order valence-corrected chi connectivity index (χ0v) is 16.7. The van der Waals surface area contributed by atoms with Gasteiger partial charge < -0.3 is 20.3 Å². The number of benzene rings is 1. The molecule has 4 rings (SSSR count). The Morgan fingerprint density at radius 1 is 1.04 bits per heavy atom.